The van der Waals surface area contributed by atoms with Crippen molar-refractivity contribution in [3.8, 4) is 5.75 Å². The highest BCUT2D eigenvalue weighted by molar-refractivity contribution is 5.76. The number of hydrogen-bond acceptors (Lipinski definition) is 4. The van der Waals surface area contributed by atoms with Gasteiger partial charge >= 0.3 is 5.97 Å². The molecule has 22 heavy (non-hydrogen) atoms. The summed E-state index contributed by atoms with van der Waals surface area (Å²) < 4.78 is 15.7. The van der Waals surface area contributed by atoms with Crippen molar-refractivity contribution in [2.24, 2.45) is 5.41 Å². The van der Waals surface area contributed by atoms with Gasteiger partial charge in [0, 0.05) is 0 Å². The monoisotopic (exact) mass is 306 g/mol. The van der Waals surface area contributed by atoms with Crippen LogP contribution in [0.2, 0.25) is 0 Å². The quantitative estimate of drug-likeness (QED) is 0.544. The Morgan fingerprint density at radius 2 is 2.05 bits per heavy atom. The fourth-order valence-electron chi connectivity index (χ4n) is 2.61. The number of hydrogen-bond donors (Lipinski definition) is 0. The van der Waals surface area contributed by atoms with Gasteiger partial charge in [-0.1, -0.05) is 26.0 Å². The first-order chi connectivity index (χ1) is 10.5. The van der Waals surface area contributed by atoms with Crippen molar-refractivity contribution in [2.45, 2.75) is 45.6 Å². The molecule has 0 radical (unpaired) electrons. The Morgan fingerprint density at radius 3 is 2.55 bits per heavy atom. The first-order valence-corrected chi connectivity index (χ1v) is 7.91. The third-order valence-corrected chi connectivity index (χ3v) is 4.52. The molecule has 3 atom stereocenters. The molecule has 1 aliphatic rings. The number of ether oxygens (including phenoxy) is 3. The molecule has 0 spiro atoms. The summed E-state index contributed by atoms with van der Waals surface area (Å²) in [6, 6.07) is 8.03. The summed E-state index contributed by atoms with van der Waals surface area (Å²) in [5.74, 6) is 1.00. The van der Waals surface area contributed by atoms with Crippen LogP contribution >= 0.6 is 0 Å². The van der Waals surface area contributed by atoms with Crippen LogP contribution in [-0.4, -0.2) is 32.4 Å². The summed E-state index contributed by atoms with van der Waals surface area (Å²) in [6.45, 7) is 7.26. The van der Waals surface area contributed by atoms with Gasteiger partial charge in [0.2, 0.25) is 0 Å². The number of esters is 1. The van der Waals surface area contributed by atoms with Crippen molar-refractivity contribution >= 4 is 5.97 Å². The van der Waals surface area contributed by atoms with E-state index in [0.29, 0.717) is 13.2 Å². The van der Waals surface area contributed by atoms with Crippen LogP contribution in [0.25, 0.3) is 0 Å². The average molecular weight is 306 g/mol. The lowest BCUT2D eigenvalue weighted by atomic mass is 9.77. The highest BCUT2D eigenvalue weighted by Crippen LogP contribution is 2.36. The van der Waals surface area contributed by atoms with Crippen molar-refractivity contribution in [1.29, 1.82) is 0 Å². The minimum atomic E-state index is -0.464. The van der Waals surface area contributed by atoms with Gasteiger partial charge < -0.3 is 14.2 Å². The van der Waals surface area contributed by atoms with Crippen LogP contribution < -0.4 is 4.74 Å². The smallest absolute Gasteiger partial charge is 0.311 e. The van der Waals surface area contributed by atoms with Gasteiger partial charge in [0.15, 0.2) is 0 Å². The molecule has 1 aromatic carbocycles. The maximum atomic E-state index is 12.4. The van der Waals surface area contributed by atoms with Crippen LogP contribution in [0.5, 0.6) is 5.75 Å². The van der Waals surface area contributed by atoms with Gasteiger partial charge in [0.05, 0.1) is 19.1 Å². The van der Waals surface area contributed by atoms with Gasteiger partial charge in [-0.2, -0.15) is 0 Å². The van der Waals surface area contributed by atoms with E-state index in [2.05, 4.69) is 19.1 Å². The Hall–Kier alpha value is -1.55. The molecule has 1 fully saturated rings. The Kier molecular flexibility index (Phi) is 5.46. The molecule has 1 saturated heterocycles. The number of methoxy groups -OCH3 is 1. The topological polar surface area (TPSA) is 48.1 Å². The SMILES string of the molecule is CCC(C)(CC(C)c1ccc(OC)cc1)C(=O)OCC1CO1. The zero-order valence-corrected chi connectivity index (χ0v) is 13.9. The summed E-state index contributed by atoms with van der Waals surface area (Å²) in [6.07, 6.45) is 1.64. The van der Waals surface area contributed by atoms with Crippen LogP contribution in [-0.2, 0) is 14.3 Å². The fraction of sp³-hybridized carbons (Fsp3) is 0.611. The van der Waals surface area contributed by atoms with Crippen LogP contribution in [0.15, 0.2) is 24.3 Å². The van der Waals surface area contributed by atoms with E-state index in [1.165, 1.54) is 5.56 Å². The van der Waals surface area contributed by atoms with Crippen molar-refractivity contribution in [3.63, 3.8) is 0 Å². The highest BCUT2D eigenvalue weighted by atomic mass is 16.6. The molecule has 0 amide bonds. The van der Waals surface area contributed by atoms with E-state index in [-0.39, 0.29) is 18.0 Å². The second kappa shape index (κ2) is 7.14. The summed E-state index contributed by atoms with van der Waals surface area (Å²) in [4.78, 5) is 12.4. The minimum Gasteiger partial charge on any atom is -0.497 e. The lowest BCUT2D eigenvalue weighted by Gasteiger charge is -2.29. The van der Waals surface area contributed by atoms with Gasteiger partial charge in [0.25, 0.3) is 0 Å². The Balaban J connectivity index is 1.97. The molecule has 1 aromatic rings. The zero-order chi connectivity index (χ0) is 16.2. The number of rotatable bonds is 8. The number of carbonyl (C=O) groups excluding carboxylic acids is 1. The van der Waals surface area contributed by atoms with Gasteiger partial charge in [-0.25, -0.2) is 0 Å². The van der Waals surface area contributed by atoms with E-state index >= 15 is 0 Å². The maximum absolute atomic E-state index is 12.4. The molecule has 1 heterocycles. The van der Waals surface area contributed by atoms with Crippen molar-refractivity contribution in [2.75, 3.05) is 20.3 Å². The zero-order valence-electron chi connectivity index (χ0n) is 13.9. The normalized spacial score (nSPS) is 20.8. The lowest BCUT2D eigenvalue weighted by Crippen LogP contribution is -2.31. The van der Waals surface area contributed by atoms with Crippen molar-refractivity contribution < 1.29 is 19.0 Å². The first-order valence-electron chi connectivity index (χ1n) is 7.91. The Bertz CT molecular complexity index is 492. The second-order valence-electron chi connectivity index (χ2n) is 6.35. The van der Waals surface area contributed by atoms with Crippen LogP contribution in [0.4, 0.5) is 0 Å². The lowest BCUT2D eigenvalue weighted by molar-refractivity contribution is -0.156. The molecule has 0 saturated carbocycles. The van der Waals surface area contributed by atoms with Crippen molar-refractivity contribution in [3.05, 3.63) is 29.8 Å². The molecule has 0 bridgehead atoms. The summed E-state index contributed by atoms with van der Waals surface area (Å²) in [5.41, 5.74) is 0.743. The molecule has 2 rings (SSSR count). The first kappa shape index (κ1) is 16.8. The van der Waals surface area contributed by atoms with Crippen LogP contribution in [0, 0.1) is 5.41 Å². The van der Waals surface area contributed by atoms with E-state index in [4.69, 9.17) is 14.2 Å². The van der Waals surface area contributed by atoms with E-state index in [1.54, 1.807) is 7.11 Å². The third-order valence-electron chi connectivity index (χ3n) is 4.52. The third kappa shape index (κ3) is 4.23. The predicted octanol–water partition coefficient (Wildman–Crippen LogP) is 3.55. The summed E-state index contributed by atoms with van der Waals surface area (Å²) >= 11 is 0. The molecule has 1 aliphatic heterocycles. The van der Waals surface area contributed by atoms with E-state index in [0.717, 1.165) is 18.6 Å². The van der Waals surface area contributed by atoms with E-state index in [1.807, 2.05) is 26.0 Å². The van der Waals surface area contributed by atoms with E-state index < -0.39 is 5.41 Å². The molecule has 122 valence electrons. The van der Waals surface area contributed by atoms with Gasteiger partial charge in [-0.05, 0) is 43.4 Å². The van der Waals surface area contributed by atoms with Gasteiger partial charge in [-0.3, -0.25) is 4.79 Å². The van der Waals surface area contributed by atoms with Crippen LogP contribution in [0.1, 0.15) is 45.1 Å². The molecule has 0 aromatic heterocycles. The standard InChI is InChI=1S/C18H26O4/c1-5-18(3,17(19)22-12-16-11-21-16)10-13(2)14-6-8-15(20-4)9-7-14/h6-9,13,16H,5,10-12H2,1-4H3. The number of carbonyl (C=O) groups is 1. The van der Waals surface area contributed by atoms with Crippen molar-refractivity contribution in [1.82, 2.24) is 0 Å². The second-order valence-corrected chi connectivity index (χ2v) is 6.35. The predicted molar refractivity (Wildman–Crippen MR) is 85.1 cm³/mol. The van der Waals surface area contributed by atoms with E-state index in [9.17, 15) is 4.79 Å². The number of epoxide rings is 1. The molecule has 0 N–H and O–H groups in total. The van der Waals surface area contributed by atoms with Gasteiger partial charge in [-0.15, -0.1) is 0 Å². The number of benzene rings is 1. The highest BCUT2D eigenvalue weighted by Gasteiger charge is 2.36. The Morgan fingerprint density at radius 1 is 1.41 bits per heavy atom. The molecule has 4 heteroatoms. The molecular formula is C18H26O4. The average Bonchev–Trinajstić information content (AvgIpc) is 3.36. The van der Waals surface area contributed by atoms with Gasteiger partial charge in [0.1, 0.15) is 18.5 Å². The molecule has 3 unspecified atom stereocenters. The Labute approximate surface area is 132 Å². The van der Waals surface area contributed by atoms with Crippen LogP contribution in [0.3, 0.4) is 0 Å². The molecule has 4 nitrogen and oxygen atoms in total. The largest absolute Gasteiger partial charge is 0.497 e. The summed E-state index contributed by atoms with van der Waals surface area (Å²) in [7, 11) is 1.66. The minimum absolute atomic E-state index is 0.115. The molecular weight excluding hydrogens is 280 g/mol. The maximum Gasteiger partial charge on any atom is 0.311 e. The summed E-state index contributed by atoms with van der Waals surface area (Å²) in [5, 5.41) is 0. The molecule has 0 aliphatic carbocycles. The fourth-order valence-corrected chi connectivity index (χ4v) is 2.61.